The Hall–Kier alpha value is -0.170. The molecular formula is C6H15NO4S. The lowest BCUT2D eigenvalue weighted by Gasteiger charge is -2.25. The van der Waals surface area contributed by atoms with Gasteiger partial charge in [-0.2, -0.15) is 8.42 Å². The smallest absolute Gasteiger partial charge is 0.300 e. The van der Waals surface area contributed by atoms with Crippen LogP contribution in [-0.4, -0.2) is 19.7 Å². The van der Waals surface area contributed by atoms with Gasteiger partial charge in [-0.25, -0.2) is 0 Å². The molecule has 0 aliphatic carbocycles. The maximum absolute atomic E-state index is 10.7. The number of nitrogens with one attached hydrogen (secondary N) is 1. The summed E-state index contributed by atoms with van der Waals surface area (Å²) in [6.07, 6.45) is -0.498. The van der Waals surface area contributed by atoms with Crippen LogP contribution in [0, 0.1) is 5.41 Å². The summed E-state index contributed by atoms with van der Waals surface area (Å²) >= 11 is 0. The van der Waals surface area contributed by atoms with Gasteiger partial charge in [0.25, 0.3) is 0 Å². The zero-order valence-electron chi connectivity index (χ0n) is 7.66. The summed E-state index contributed by atoms with van der Waals surface area (Å²) in [5, 5.41) is 8.15. The van der Waals surface area contributed by atoms with E-state index in [9.17, 15) is 8.42 Å². The second kappa shape index (κ2) is 3.69. The van der Waals surface area contributed by atoms with Gasteiger partial charge in [-0.15, -0.1) is 0 Å². The SMILES string of the molecule is CC(OS(=O)(=O)NO)C(C)(C)C. The molecule has 0 amide bonds. The summed E-state index contributed by atoms with van der Waals surface area (Å²) in [5.41, 5.74) is -0.288. The van der Waals surface area contributed by atoms with Crippen LogP contribution in [0.15, 0.2) is 0 Å². The summed E-state index contributed by atoms with van der Waals surface area (Å²) < 4.78 is 25.9. The minimum atomic E-state index is -4.00. The van der Waals surface area contributed by atoms with Crippen LogP contribution in [0.25, 0.3) is 0 Å². The van der Waals surface area contributed by atoms with Crippen LogP contribution in [0.3, 0.4) is 0 Å². The van der Waals surface area contributed by atoms with Crippen molar-refractivity contribution < 1.29 is 17.8 Å². The third-order valence-electron chi connectivity index (χ3n) is 1.60. The van der Waals surface area contributed by atoms with Crippen LogP contribution >= 0.6 is 0 Å². The average Bonchev–Trinajstić information content (AvgIpc) is 1.85. The Labute approximate surface area is 72.9 Å². The Balaban J connectivity index is 4.30. The molecule has 1 unspecified atom stereocenters. The first-order valence-corrected chi connectivity index (χ1v) is 4.94. The van der Waals surface area contributed by atoms with Crippen LogP contribution < -0.4 is 4.89 Å². The third kappa shape index (κ3) is 4.01. The molecule has 0 aliphatic heterocycles. The summed E-state index contributed by atoms with van der Waals surface area (Å²) in [6.45, 7) is 7.13. The van der Waals surface area contributed by atoms with Gasteiger partial charge in [0.15, 0.2) is 0 Å². The van der Waals surface area contributed by atoms with Crippen LogP contribution in [0.4, 0.5) is 0 Å². The van der Waals surface area contributed by atoms with Crippen LogP contribution in [0.5, 0.6) is 0 Å². The van der Waals surface area contributed by atoms with Gasteiger partial charge in [-0.1, -0.05) is 25.7 Å². The second-order valence-corrected chi connectivity index (χ2v) is 4.93. The maximum atomic E-state index is 10.7. The highest BCUT2D eigenvalue weighted by Gasteiger charge is 2.25. The molecule has 12 heavy (non-hydrogen) atoms. The monoisotopic (exact) mass is 197 g/mol. The third-order valence-corrected chi connectivity index (χ3v) is 2.37. The minimum absolute atomic E-state index is 0.288. The van der Waals surface area contributed by atoms with E-state index in [1.807, 2.05) is 20.8 Å². The van der Waals surface area contributed by atoms with E-state index in [-0.39, 0.29) is 5.41 Å². The summed E-state index contributed by atoms with van der Waals surface area (Å²) in [5.74, 6) is 0. The predicted octanol–water partition coefficient (Wildman–Crippen LogP) is 0.661. The highest BCUT2D eigenvalue weighted by Crippen LogP contribution is 2.22. The fraction of sp³-hybridized carbons (Fsp3) is 1.00. The Bertz CT molecular complexity index is 228. The normalized spacial score (nSPS) is 16.1. The number of hydrogen-bond acceptors (Lipinski definition) is 4. The van der Waals surface area contributed by atoms with E-state index in [0.717, 1.165) is 4.89 Å². The van der Waals surface area contributed by atoms with Gasteiger partial charge in [-0.3, -0.25) is 4.18 Å². The molecule has 0 radical (unpaired) electrons. The van der Waals surface area contributed by atoms with Gasteiger partial charge in [0, 0.05) is 0 Å². The molecule has 0 bridgehead atoms. The largest absolute Gasteiger partial charge is 0.358 e. The van der Waals surface area contributed by atoms with Gasteiger partial charge in [0.05, 0.1) is 6.10 Å². The highest BCUT2D eigenvalue weighted by molar-refractivity contribution is 7.84. The molecule has 0 fully saturated rings. The quantitative estimate of drug-likeness (QED) is 0.652. The van der Waals surface area contributed by atoms with E-state index in [1.54, 1.807) is 6.92 Å². The van der Waals surface area contributed by atoms with Gasteiger partial charge in [-0.05, 0) is 12.3 Å². The molecule has 0 aromatic carbocycles. The van der Waals surface area contributed by atoms with Gasteiger partial charge < -0.3 is 5.21 Å². The minimum Gasteiger partial charge on any atom is -0.300 e. The van der Waals surface area contributed by atoms with Crippen molar-refractivity contribution in [3.63, 3.8) is 0 Å². The molecule has 2 N–H and O–H groups in total. The molecule has 0 aromatic rings. The van der Waals surface area contributed by atoms with Crippen molar-refractivity contribution in [2.75, 3.05) is 0 Å². The standard InChI is InChI=1S/C6H15NO4S/c1-5(6(2,3)4)11-12(9,10)7-8/h5,7-8H,1-4H3. The van der Waals surface area contributed by atoms with Crippen molar-refractivity contribution >= 4 is 10.3 Å². The average molecular weight is 197 g/mol. The molecule has 74 valence electrons. The van der Waals surface area contributed by atoms with Crippen molar-refractivity contribution in [2.24, 2.45) is 5.41 Å². The van der Waals surface area contributed by atoms with E-state index >= 15 is 0 Å². The molecule has 0 heterocycles. The lowest BCUT2D eigenvalue weighted by Crippen LogP contribution is -2.33. The van der Waals surface area contributed by atoms with E-state index in [0.29, 0.717) is 0 Å². The molecule has 0 aliphatic rings. The lowest BCUT2D eigenvalue weighted by atomic mass is 9.91. The first-order chi connectivity index (χ1) is 5.19. The number of rotatable bonds is 3. The van der Waals surface area contributed by atoms with Gasteiger partial charge in [0.2, 0.25) is 0 Å². The molecule has 0 saturated heterocycles. The molecule has 6 heteroatoms. The van der Waals surface area contributed by atoms with Crippen molar-refractivity contribution in [3.8, 4) is 0 Å². The first-order valence-electron chi connectivity index (χ1n) is 3.53. The van der Waals surface area contributed by atoms with E-state index in [1.165, 1.54) is 0 Å². The lowest BCUT2D eigenvalue weighted by molar-refractivity contribution is 0.0945. The Kier molecular flexibility index (Phi) is 3.64. The topological polar surface area (TPSA) is 75.6 Å². The Morgan fingerprint density at radius 3 is 2.08 bits per heavy atom. The van der Waals surface area contributed by atoms with Crippen LogP contribution in [0.2, 0.25) is 0 Å². The molecule has 1 atom stereocenters. The van der Waals surface area contributed by atoms with Gasteiger partial charge >= 0.3 is 10.3 Å². The first kappa shape index (κ1) is 11.8. The van der Waals surface area contributed by atoms with Crippen LogP contribution in [-0.2, 0) is 14.5 Å². The fourth-order valence-electron chi connectivity index (χ4n) is 0.356. The Morgan fingerprint density at radius 1 is 1.42 bits per heavy atom. The summed E-state index contributed by atoms with van der Waals surface area (Å²) in [7, 11) is -4.00. The molecule has 0 rings (SSSR count). The molecule has 0 spiro atoms. The maximum Gasteiger partial charge on any atom is 0.358 e. The molecule has 5 nitrogen and oxygen atoms in total. The fourth-order valence-corrected chi connectivity index (χ4v) is 1.07. The predicted molar refractivity (Wildman–Crippen MR) is 43.8 cm³/mol. The summed E-state index contributed by atoms with van der Waals surface area (Å²) in [4.78, 5) is 1.09. The van der Waals surface area contributed by atoms with E-state index in [4.69, 9.17) is 5.21 Å². The molecule has 0 saturated carbocycles. The van der Waals surface area contributed by atoms with E-state index < -0.39 is 16.4 Å². The summed E-state index contributed by atoms with van der Waals surface area (Å²) in [6, 6.07) is 0. The molecule has 0 aromatic heterocycles. The van der Waals surface area contributed by atoms with Crippen molar-refractivity contribution in [2.45, 2.75) is 33.8 Å². The van der Waals surface area contributed by atoms with Crippen molar-refractivity contribution in [3.05, 3.63) is 0 Å². The zero-order valence-corrected chi connectivity index (χ0v) is 8.47. The van der Waals surface area contributed by atoms with Crippen molar-refractivity contribution in [1.29, 1.82) is 0 Å². The highest BCUT2D eigenvalue weighted by atomic mass is 32.2. The number of hydrogen-bond donors (Lipinski definition) is 2. The van der Waals surface area contributed by atoms with Gasteiger partial charge in [0.1, 0.15) is 0 Å². The second-order valence-electron chi connectivity index (χ2n) is 3.65. The zero-order chi connectivity index (χ0) is 9.99. The van der Waals surface area contributed by atoms with Crippen LogP contribution in [0.1, 0.15) is 27.7 Å². The van der Waals surface area contributed by atoms with E-state index in [2.05, 4.69) is 4.18 Å². The van der Waals surface area contributed by atoms with Crippen molar-refractivity contribution in [1.82, 2.24) is 4.89 Å². The molecular weight excluding hydrogens is 182 g/mol. The Morgan fingerprint density at radius 2 is 1.83 bits per heavy atom.